The quantitative estimate of drug-likeness (QED) is 0.519. The van der Waals surface area contributed by atoms with E-state index in [-0.39, 0.29) is 55.3 Å². The molecule has 4 rings (SSSR count). The summed E-state index contributed by atoms with van der Waals surface area (Å²) in [5.74, 6) is -0.654. The number of benzene rings is 2. The summed E-state index contributed by atoms with van der Waals surface area (Å²) < 4.78 is 20.9. The van der Waals surface area contributed by atoms with Crippen LogP contribution in [0.5, 0.6) is 0 Å². The molecule has 1 atom stereocenters. The molecule has 0 N–H and O–H groups in total. The molecule has 3 aromatic rings. The lowest BCUT2D eigenvalue weighted by Gasteiger charge is -2.26. The molecule has 184 valence electrons. The first-order chi connectivity index (χ1) is 16.8. The first-order valence-electron chi connectivity index (χ1n) is 11.7. The molecule has 9 heteroatoms. The van der Waals surface area contributed by atoms with E-state index < -0.39 is 6.10 Å². The number of carbonyl (C=O) groups excluding carboxylic acids is 2. The summed E-state index contributed by atoms with van der Waals surface area (Å²) in [6.45, 7) is 4.91. The third kappa shape index (κ3) is 6.10. The summed E-state index contributed by atoms with van der Waals surface area (Å²) >= 11 is 0. The van der Waals surface area contributed by atoms with Crippen molar-refractivity contribution in [1.29, 1.82) is 0 Å². The SMILES string of the molecule is CC(C)CN1C[C@H](OCc2cccc(F)c2)CN(C(=O)Cn2cnc3ccccc3c2=O)CC1=O. The fourth-order valence-electron chi connectivity index (χ4n) is 4.20. The van der Waals surface area contributed by atoms with Crippen LogP contribution in [0.15, 0.2) is 59.7 Å². The molecule has 2 amide bonds. The average Bonchev–Trinajstić information content (AvgIpc) is 2.98. The second-order valence-corrected chi connectivity index (χ2v) is 9.22. The normalized spacial score (nSPS) is 16.7. The van der Waals surface area contributed by atoms with Gasteiger partial charge in [-0.3, -0.25) is 19.0 Å². The second kappa shape index (κ2) is 10.8. The molecule has 1 saturated heterocycles. The Morgan fingerprint density at radius 3 is 2.71 bits per heavy atom. The van der Waals surface area contributed by atoms with Gasteiger partial charge in [0.05, 0.1) is 36.5 Å². The van der Waals surface area contributed by atoms with Crippen LogP contribution in [0.25, 0.3) is 10.9 Å². The van der Waals surface area contributed by atoms with Crippen LogP contribution in [-0.2, 0) is 27.5 Å². The Bertz CT molecular complexity index is 1280. The average molecular weight is 481 g/mol. The van der Waals surface area contributed by atoms with E-state index in [4.69, 9.17) is 4.74 Å². The molecule has 1 aliphatic rings. The number of ether oxygens (including phenoxy) is 1. The maximum absolute atomic E-state index is 13.6. The number of hydrogen-bond donors (Lipinski definition) is 0. The number of halogens is 1. The van der Waals surface area contributed by atoms with E-state index in [2.05, 4.69) is 4.98 Å². The van der Waals surface area contributed by atoms with E-state index in [0.717, 1.165) is 0 Å². The van der Waals surface area contributed by atoms with Crippen LogP contribution >= 0.6 is 0 Å². The highest BCUT2D eigenvalue weighted by Crippen LogP contribution is 2.14. The molecule has 8 nitrogen and oxygen atoms in total. The Hall–Kier alpha value is -3.59. The summed E-state index contributed by atoms with van der Waals surface area (Å²) in [5, 5.41) is 0.425. The third-order valence-electron chi connectivity index (χ3n) is 5.88. The van der Waals surface area contributed by atoms with E-state index >= 15 is 0 Å². The summed E-state index contributed by atoms with van der Waals surface area (Å²) in [6, 6.07) is 13.1. The highest BCUT2D eigenvalue weighted by atomic mass is 19.1. The van der Waals surface area contributed by atoms with Gasteiger partial charge in [-0.1, -0.05) is 38.1 Å². The first-order valence-corrected chi connectivity index (χ1v) is 11.7. The number of hydrogen-bond acceptors (Lipinski definition) is 5. The topological polar surface area (TPSA) is 84.7 Å². The lowest BCUT2D eigenvalue weighted by molar-refractivity contribution is -0.139. The van der Waals surface area contributed by atoms with Gasteiger partial charge >= 0.3 is 0 Å². The van der Waals surface area contributed by atoms with Gasteiger partial charge in [-0.15, -0.1) is 0 Å². The molecule has 0 radical (unpaired) electrons. The van der Waals surface area contributed by atoms with Gasteiger partial charge in [0.2, 0.25) is 11.8 Å². The number of aromatic nitrogens is 2. The largest absolute Gasteiger partial charge is 0.370 e. The van der Waals surface area contributed by atoms with E-state index in [1.54, 1.807) is 41.3 Å². The highest BCUT2D eigenvalue weighted by molar-refractivity contribution is 5.85. The predicted octanol–water partition coefficient (Wildman–Crippen LogP) is 2.45. The van der Waals surface area contributed by atoms with E-state index in [9.17, 15) is 18.8 Å². The number of nitrogens with zero attached hydrogens (tertiary/aromatic N) is 4. The second-order valence-electron chi connectivity index (χ2n) is 9.22. The van der Waals surface area contributed by atoms with Crippen LogP contribution in [0, 0.1) is 11.7 Å². The number of carbonyl (C=O) groups is 2. The van der Waals surface area contributed by atoms with Crippen LogP contribution in [0.1, 0.15) is 19.4 Å². The lowest BCUT2D eigenvalue weighted by Crippen LogP contribution is -2.42. The highest BCUT2D eigenvalue weighted by Gasteiger charge is 2.31. The number of amides is 2. The predicted molar refractivity (Wildman–Crippen MR) is 129 cm³/mol. The Morgan fingerprint density at radius 1 is 1.14 bits per heavy atom. The van der Waals surface area contributed by atoms with Crippen molar-refractivity contribution in [3.05, 3.63) is 76.6 Å². The van der Waals surface area contributed by atoms with Crippen molar-refractivity contribution in [2.24, 2.45) is 5.92 Å². The number of rotatable bonds is 7. The van der Waals surface area contributed by atoms with Crippen molar-refractivity contribution in [2.75, 3.05) is 26.2 Å². The van der Waals surface area contributed by atoms with Gasteiger partial charge in [0.1, 0.15) is 12.4 Å². The van der Waals surface area contributed by atoms with Crippen LogP contribution in [-0.4, -0.2) is 63.4 Å². The van der Waals surface area contributed by atoms with Crippen molar-refractivity contribution in [3.63, 3.8) is 0 Å². The van der Waals surface area contributed by atoms with Gasteiger partial charge in [0.15, 0.2) is 0 Å². The lowest BCUT2D eigenvalue weighted by atomic mass is 10.2. The van der Waals surface area contributed by atoms with E-state index in [0.29, 0.717) is 29.6 Å². The molecule has 0 spiro atoms. The third-order valence-corrected chi connectivity index (χ3v) is 5.88. The Labute approximate surface area is 202 Å². The molecule has 0 bridgehead atoms. The van der Waals surface area contributed by atoms with Crippen molar-refractivity contribution in [2.45, 2.75) is 33.1 Å². The standard InChI is InChI=1S/C26H29FN4O4/c1-18(2)11-29-12-21(35-16-19-6-5-7-20(27)10-19)13-30(14-24(29)32)25(33)15-31-17-28-23-9-4-3-8-22(23)26(31)34/h3-10,17-18,21H,11-16H2,1-2H3/t21-/m0/s1. The Morgan fingerprint density at radius 2 is 1.94 bits per heavy atom. The minimum atomic E-state index is -0.459. The maximum atomic E-state index is 13.6. The van der Waals surface area contributed by atoms with Crippen LogP contribution in [0.3, 0.4) is 0 Å². The Balaban J connectivity index is 1.52. The van der Waals surface area contributed by atoms with Crippen molar-refractivity contribution in [1.82, 2.24) is 19.4 Å². The van der Waals surface area contributed by atoms with Crippen molar-refractivity contribution in [3.8, 4) is 0 Å². The van der Waals surface area contributed by atoms with Crippen molar-refractivity contribution >= 4 is 22.7 Å². The fraction of sp³-hybridized carbons (Fsp3) is 0.385. The number of para-hydroxylation sites is 1. The van der Waals surface area contributed by atoms with Crippen LogP contribution in [0.4, 0.5) is 4.39 Å². The maximum Gasteiger partial charge on any atom is 0.261 e. The molecular formula is C26H29FN4O4. The smallest absolute Gasteiger partial charge is 0.261 e. The minimum absolute atomic E-state index is 0.0961. The number of fused-ring (bicyclic) bond motifs is 1. The van der Waals surface area contributed by atoms with Gasteiger partial charge in [-0.05, 0) is 35.7 Å². The Kier molecular flexibility index (Phi) is 7.55. The summed E-state index contributed by atoms with van der Waals surface area (Å²) in [5.41, 5.74) is 0.911. The van der Waals surface area contributed by atoms with Gasteiger partial charge < -0.3 is 14.5 Å². The fourth-order valence-corrected chi connectivity index (χ4v) is 4.20. The minimum Gasteiger partial charge on any atom is -0.370 e. The molecule has 2 heterocycles. The molecule has 2 aromatic carbocycles. The van der Waals surface area contributed by atoms with Gasteiger partial charge in [-0.2, -0.15) is 0 Å². The molecule has 0 aliphatic carbocycles. The summed E-state index contributed by atoms with van der Waals surface area (Å²) in [6.07, 6.45) is 0.893. The summed E-state index contributed by atoms with van der Waals surface area (Å²) in [4.78, 5) is 46.4. The molecule has 1 aliphatic heterocycles. The van der Waals surface area contributed by atoms with Gasteiger partial charge in [0, 0.05) is 19.6 Å². The zero-order valence-corrected chi connectivity index (χ0v) is 19.9. The van der Waals surface area contributed by atoms with Gasteiger partial charge in [-0.25, -0.2) is 9.37 Å². The van der Waals surface area contributed by atoms with Crippen LogP contribution < -0.4 is 5.56 Å². The molecular weight excluding hydrogens is 451 g/mol. The zero-order chi connectivity index (χ0) is 24.9. The monoisotopic (exact) mass is 480 g/mol. The van der Waals surface area contributed by atoms with E-state index in [1.807, 2.05) is 13.8 Å². The zero-order valence-electron chi connectivity index (χ0n) is 19.9. The molecule has 0 unspecified atom stereocenters. The summed E-state index contributed by atoms with van der Waals surface area (Å²) in [7, 11) is 0. The first kappa shape index (κ1) is 24.5. The van der Waals surface area contributed by atoms with Gasteiger partial charge in [0.25, 0.3) is 5.56 Å². The van der Waals surface area contributed by atoms with E-state index in [1.165, 1.54) is 27.9 Å². The molecule has 1 aromatic heterocycles. The molecule has 0 saturated carbocycles. The molecule has 35 heavy (non-hydrogen) atoms. The van der Waals surface area contributed by atoms with Crippen molar-refractivity contribution < 1.29 is 18.7 Å². The van der Waals surface area contributed by atoms with Crippen LogP contribution in [0.2, 0.25) is 0 Å². The molecule has 1 fully saturated rings.